The second-order valence-corrected chi connectivity index (χ2v) is 7.60. The van der Waals surface area contributed by atoms with Crippen molar-refractivity contribution in [2.24, 2.45) is 0 Å². The van der Waals surface area contributed by atoms with Gasteiger partial charge in [0.25, 0.3) is 0 Å². The molecule has 0 spiro atoms. The summed E-state index contributed by atoms with van der Waals surface area (Å²) in [6.45, 7) is 0. The SMILES string of the molecule is O=C([O-])c1ccn2c(C(=O)c3ccc(Cl)cc3)c(-c3ccc(Br)cc3)cc2c1. The van der Waals surface area contributed by atoms with Crippen LogP contribution >= 0.6 is 27.5 Å². The number of nitrogens with zero attached hydrogens (tertiary/aromatic N) is 1. The molecule has 0 aliphatic rings. The Morgan fingerprint density at radius 1 is 0.893 bits per heavy atom. The third kappa shape index (κ3) is 3.35. The molecule has 0 bridgehead atoms. The Morgan fingerprint density at radius 3 is 2.21 bits per heavy atom. The number of carbonyl (C=O) groups is 2. The highest BCUT2D eigenvalue weighted by molar-refractivity contribution is 9.10. The topological polar surface area (TPSA) is 61.6 Å². The number of pyridine rings is 1. The summed E-state index contributed by atoms with van der Waals surface area (Å²) in [5.74, 6) is -1.45. The number of hydrogen-bond acceptors (Lipinski definition) is 3. The molecule has 0 fully saturated rings. The number of fused-ring (bicyclic) bond motifs is 1. The van der Waals surface area contributed by atoms with Crippen molar-refractivity contribution >= 4 is 44.8 Å². The molecule has 6 heteroatoms. The highest BCUT2D eigenvalue weighted by atomic mass is 79.9. The van der Waals surface area contributed by atoms with Crippen LogP contribution in [0, 0.1) is 0 Å². The van der Waals surface area contributed by atoms with E-state index in [4.69, 9.17) is 11.6 Å². The van der Waals surface area contributed by atoms with Crippen molar-refractivity contribution in [3.05, 3.63) is 99.2 Å². The molecule has 2 aromatic heterocycles. The second-order valence-electron chi connectivity index (χ2n) is 6.25. The zero-order chi connectivity index (χ0) is 19.8. The number of carboxylic acid groups (broad SMARTS) is 1. The van der Waals surface area contributed by atoms with Crippen LogP contribution in [0.3, 0.4) is 0 Å². The summed E-state index contributed by atoms with van der Waals surface area (Å²) in [7, 11) is 0. The predicted molar refractivity (Wildman–Crippen MR) is 110 cm³/mol. The number of benzene rings is 2. The van der Waals surface area contributed by atoms with E-state index in [2.05, 4.69) is 15.9 Å². The number of aromatic nitrogens is 1. The number of carboxylic acids is 1. The minimum atomic E-state index is -1.26. The summed E-state index contributed by atoms with van der Waals surface area (Å²) in [6, 6.07) is 19.0. The van der Waals surface area contributed by atoms with Gasteiger partial charge in [-0.1, -0.05) is 39.7 Å². The van der Waals surface area contributed by atoms with Crippen LogP contribution in [0.4, 0.5) is 0 Å². The lowest BCUT2D eigenvalue weighted by atomic mass is 10.0. The van der Waals surface area contributed by atoms with Gasteiger partial charge in [0.2, 0.25) is 5.78 Å². The first-order valence-corrected chi connectivity index (χ1v) is 9.54. The van der Waals surface area contributed by atoms with Crippen LogP contribution < -0.4 is 5.11 Å². The number of halogens is 2. The van der Waals surface area contributed by atoms with Gasteiger partial charge in [0.1, 0.15) is 5.69 Å². The van der Waals surface area contributed by atoms with E-state index in [1.165, 1.54) is 12.1 Å². The Hall–Kier alpha value is -2.89. The maximum Gasteiger partial charge on any atom is 0.210 e. The number of aromatic carboxylic acids is 1. The molecule has 0 aliphatic heterocycles. The van der Waals surface area contributed by atoms with Crippen LogP contribution in [-0.4, -0.2) is 16.2 Å². The molecule has 4 nitrogen and oxygen atoms in total. The van der Waals surface area contributed by atoms with Crippen LogP contribution in [0.15, 0.2) is 77.4 Å². The summed E-state index contributed by atoms with van der Waals surface area (Å²) in [4.78, 5) is 24.5. The first-order valence-electron chi connectivity index (χ1n) is 8.37. The van der Waals surface area contributed by atoms with E-state index >= 15 is 0 Å². The van der Waals surface area contributed by atoms with Gasteiger partial charge >= 0.3 is 0 Å². The third-order valence-electron chi connectivity index (χ3n) is 4.49. The van der Waals surface area contributed by atoms with Crippen LogP contribution in [0.2, 0.25) is 5.02 Å². The highest BCUT2D eigenvalue weighted by Crippen LogP contribution is 2.31. The monoisotopic (exact) mass is 452 g/mol. The molecule has 2 heterocycles. The lowest BCUT2D eigenvalue weighted by Gasteiger charge is -2.08. The number of rotatable bonds is 4. The molecular weight excluding hydrogens is 442 g/mol. The van der Waals surface area contributed by atoms with Crippen molar-refractivity contribution in [1.82, 2.24) is 4.40 Å². The van der Waals surface area contributed by atoms with E-state index in [9.17, 15) is 14.7 Å². The van der Waals surface area contributed by atoms with Crippen LogP contribution in [0.1, 0.15) is 26.4 Å². The summed E-state index contributed by atoms with van der Waals surface area (Å²) >= 11 is 9.36. The first kappa shape index (κ1) is 18.5. The fourth-order valence-corrected chi connectivity index (χ4v) is 3.52. The Balaban J connectivity index is 1.96. The van der Waals surface area contributed by atoms with Crippen molar-refractivity contribution in [2.75, 3.05) is 0 Å². The molecule has 0 unspecified atom stereocenters. The van der Waals surface area contributed by atoms with E-state index in [-0.39, 0.29) is 11.3 Å². The van der Waals surface area contributed by atoms with Crippen molar-refractivity contribution in [2.45, 2.75) is 0 Å². The van der Waals surface area contributed by atoms with Gasteiger partial charge in [-0.15, -0.1) is 0 Å². The molecule has 0 aliphatic carbocycles. The lowest BCUT2D eigenvalue weighted by Crippen LogP contribution is -2.22. The average molecular weight is 454 g/mol. The smallest absolute Gasteiger partial charge is 0.210 e. The molecule has 0 saturated carbocycles. The van der Waals surface area contributed by atoms with Gasteiger partial charge in [-0.2, -0.15) is 0 Å². The Bertz CT molecular complexity index is 1210. The number of ketones is 1. The standard InChI is InChI=1S/C22H13BrClNO3/c23-16-5-1-13(2-6-16)19-12-18-11-15(22(27)28)9-10-25(18)20(19)21(26)14-3-7-17(24)8-4-14/h1-12H,(H,27,28)/p-1. The molecular formula is C22H12BrClNO3-. The quantitative estimate of drug-likeness (QED) is 0.424. The molecule has 0 atom stereocenters. The van der Waals surface area contributed by atoms with Crippen molar-refractivity contribution < 1.29 is 14.7 Å². The van der Waals surface area contributed by atoms with Crippen molar-refractivity contribution in [3.63, 3.8) is 0 Å². The van der Waals surface area contributed by atoms with Crippen LogP contribution in [0.25, 0.3) is 16.6 Å². The van der Waals surface area contributed by atoms with Gasteiger partial charge in [-0.25, -0.2) is 0 Å². The average Bonchev–Trinajstić information content (AvgIpc) is 3.07. The fourth-order valence-electron chi connectivity index (χ4n) is 3.12. The van der Waals surface area contributed by atoms with Gasteiger partial charge in [0.05, 0.1) is 5.97 Å². The maximum atomic E-state index is 13.3. The molecule has 0 saturated heterocycles. The zero-order valence-electron chi connectivity index (χ0n) is 14.4. The summed E-state index contributed by atoms with van der Waals surface area (Å²) in [6.07, 6.45) is 1.58. The maximum absolute atomic E-state index is 13.3. The van der Waals surface area contributed by atoms with Crippen LogP contribution in [-0.2, 0) is 0 Å². The molecule has 0 amide bonds. The van der Waals surface area contributed by atoms with E-state index < -0.39 is 5.97 Å². The summed E-state index contributed by atoms with van der Waals surface area (Å²) < 4.78 is 2.62. The lowest BCUT2D eigenvalue weighted by molar-refractivity contribution is -0.255. The van der Waals surface area contributed by atoms with E-state index in [1.54, 1.807) is 40.9 Å². The predicted octanol–water partition coefficient (Wildman–Crippen LogP) is 4.62. The van der Waals surface area contributed by atoms with E-state index in [0.29, 0.717) is 27.4 Å². The summed E-state index contributed by atoms with van der Waals surface area (Å²) in [5.41, 5.74) is 3.15. The molecule has 28 heavy (non-hydrogen) atoms. The number of hydrogen-bond donors (Lipinski definition) is 0. The first-order chi connectivity index (χ1) is 13.4. The minimum Gasteiger partial charge on any atom is -0.545 e. The normalized spacial score (nSPS) is 10.9. The van der Waals surface area contributed by atoms with E-state index in [0.717, 1.165) is 10.0 Å². The summed E-state index contributed by atoms with van der Waals surface area (Å²) in [5, 5.41) is 11.8. The van der Waals surface area contributed by atoms with Gasteiger partial charge in [-0.05, 0) is 60.2 Å². The fraction of sp³-hybridized carbons (Fsp3) is 0. The molecule has 0 radical (unpaired) electrons. The molecule has 2 aromatic carbocycles. The largest absolute Gasteiger partial charge is 0.545 e. The van der Waals surface area contributed by atoms with Crippen LogP contribution in [0.5, 0.6) is 0 Å². The second kappa shape index (κ2) is 7.26. The van der Waals surface area contributed by atoms with Gasteiger partial charge < -0.3 is 14.3 Å². The Labute approximate surface area is 174 Å². The van der Waals surface area contributed by atoms with Gasteiger partial charge in [0, 0.05) is 37.9 Å². The van der Waals surface area contributed by atoms with Crippen molar-refractivity contribution in [1.29, 1.82) is 0 Å². The highest BCUT2D eigenvalue weighted by Gasteiger charge is 2.20. The van der Waals surface area contributed by atoms with Crippen molar-refractivity contribution in [3.8, 4) is 11.1 Å². The van der Waals surface area contributed by atoms with Gasteiger partial charge in [-0.3, -0.25) is 4.79 Å². The Kier molecular flexibility index (Phi) is 4.79. The van der Waals surface area contributed by atoms with E-state index in [1.807, 2.05) is 24.3 Å². The zero-order valence-corrected chi connectivity index (χ0v) is 16.7. The third-order valence-corrected chi connectivity index (χ3v) is 5.27. The number of carbonyl (C=O) groups excluding carboxylic acids is 2. The molecule has 0 N–H and O–H groups in total. The molecule has 138 valence electrons. The Morgan fingerprint density at radius 2 is 1.57 bits per heavy atom. The molecule has 4 rings (SSSR count). The minimum absolute atomic E-state index is 0.0536. The van der Waals surface area contributed by atoms with Gasteiger partial charge in [0.15, 0.2) is 0 Å². The molecule has 4 aromatic rings.